The maximum absolute atomic E-state index is 11.8. The van der Waals surface area contributed by atoms with Crippen molar-refractivity contribution < 1.29 is 4.79 Å². The van der Waals surface area contributed by atoms with Crippen LogP contribution in [0.5, 0.6) is 0 Å². The van der Waals surface area contributed by atoms with Gasteiger partial charge in [0.05, 0.1) is 5.69 Å². The number of nitrogens with zero attached hydrogens (tertiary/aromatic N) is 4. The summed E-state index contributed by atoms with van der Waals surface area (Å²) >= 11 is 0. The molecule has 0 aromatic carbocycles. The fourth-order valence-electron chi connectivity index (χ4n) is 2.05. The van der Waals surface area contributed by atoms with Crippen LogP contribution >= 0.6 is 0 Å². The summed E-state index contributed by atoms with van der Waals surface area (Å²) in [6.45, 7) is 10.7. The topological polar surface area (TPSA) is 84.7 Å². The van der Waals surface area contributed by atoms with E-state index in [9.17, 15) is 4.79 Å². The van der Waals surface area contributed by atoms with Gasteiger partial charge in [-0.1, -0.05) is 20.8 Å². The van der Waals surface area contributed by atoms with Crippen molar-refractivity contribution in [1.29, 1.82) is 0 Å². The van der Waals surface area contributed by atoms with Crippen molar-refractivity contribution >= 4 is 11.7 Å². The number of aromatic nitrogens is 4. The molecule has 1 amide bonds. The molecular weight excluding hydrogens is 292 g/mol. The normalized spacial score (nSPS) is 11.3. The van der Waals surface area contributed by atoms with Gasteiger partial charge < -0.3 is 10.6 Å². The number of carbonyl (C=O) groups excluding carboxylic acids is 1. The molecule has 0 unspecified atom stereocenters. The van der Waals surface area contributed by atoms with E-state index in [0.717, 1.165) is 11.4 Å². The van der Waals surface area contributed by atoms with Crippen molar-refractivity contribution in [3.05, 3.63) is 29.8 Å². The summed E-state index contributed by atoms with van der Waals surface area (Å²) < 4.78 is 1.78. The van der Waals surface area contributed by atoms with E-state index in [4.69, 9.17) is 0 Å². The lowest BCUT2D eigenvalue weighted by molar-refractivity contribution is -0.128. The first kappa shape index (κ1) is 16.9. The lowest BCUT2D eigenvalue weighted by Gasteiger charge is -2.17. The molecule has 7 heteroatoms. The Bertz CT molecular complexity index is 686. The van der Waals surface area contributed by atoms with Gasteiger partial charge in [-0.15, -0.1) is 0 Å². The Morgan fingerprint density at radius 3 is 2.52 bits per heavy atom. The van der Waals surface area contributed by atoms with Gasteiger partial charge in [0.25, 0.3) is 0 Å². The van der Waals surface area contributed by atoms with Crippen LogP contribution in [0.15, 0.2) is 18.5 Å². The largest absolute Gasteiger partial charge is 0.368 e. The maximum atomic E-state index is 11.8. The van der Waals surface area contributed by atoms with Gasteiger partial charge in [-0.25, -0.2) is 14.6 Å². The molecule has 0 aliphatic carbocycles. The van der Waals surface area contributed by atoms with Crippen molar-refractivity contribution in [2.75, 3.05) is 18.4 Å². The highest BCUT2D eigenvalue weighted by Crippen LogP contribution is 2.13. The van der Waals surface area contributed by atoms with E-state index in [1.165, 1.54) is 6.33 Å². The van der Waals surface area contributed by atoms with Gasteiger partial charge in [-0.2, -0.15) is 5.10 Å². The number of carbonyl (C=O) groups is 1. The highest BCUT2D eigenvalue weighted by Gasteiger charge is 2.20. The zero-order chi connectivity index (χ0) is 17.0. The summed E-state index contributed by atoms with van der Waals surface area (Å²) in [5.41, 5.74) is 1.59. The monoisotopic (exact) mass is 316 g/mol. The van der Waals surface area contributed by atoms with Crippen molar-refractivity contribution in [2.24, 2.45) is 5.41 Å². The Kier molecular flexibility index (Phi) is 4.98. The molecule has 23 heavy (non-hydrogen) atoms. The lowest BCUT2D eigenvalue weighted by atomic mass is 9.96. The molecule has 0 atom stereocenters. The Hall–Kier alpha value is -2.44. The molecule has 7 nitrogen and oxygen atoms in total. The molecule has 0 radical (unpaired) electrons. The summed E-state index contributed by atoms with van der Waals surface area (Å²) in [5.74, 6) is 1.45. The minimum atomic E-state index is -0.377. The summed E-state index contributed by atoms with van der Waals surface area (Å²) in [6, 6.07) is 3.84. The Morgan fingerprint density at radius 2 is 1.91 bits per heavy atom. The number of anilines is 1. The molecular formula is C16H24N6O. The highest BCUT2D eigenvalue weighted by atomic mass is 16.2. The van der Waals surface area contributed by atoms with E-state index in [1.807, 2.05) is 46.8 Å². The third kappa shape index (κ3) is 4.51. The molecule has 0 aliphatic rings. The van der Waals surface area contributed by atoms with Gasteiger partial charge in [-0.05, 0) is 19.9 Å². The third-order valence-corrected chi connectivity index (χ3v) is 3.28. The van der Waals surface area contributed by atoms with Gasteiger partial charge in [0.1, 0.15) is 12.1 Å². The van der Waals surface area contributed by atoms with Crippen LogP contribution in [0.2, 0.25) is 0 Å². The second kappa shape index (κ2) is 6.76. The average Bonchev–Trinajstić information content (AvgIpc) is 2.81. The Morgan fingerprint density at radius 1 is 1.17 bits per heavy atom. The number of hydrogen-bond acceptors (Lipinski definition) is 5. The van der Waals surface area contributed by atoms with Gasteiger partial charge in [0, 0.05) is 30.3 Å². The van der Waals surface area contributed by atoms with E-state index < -0.39 is 0 Å². The van der Waals surface area contributed by atoms with Crippen LogP contribution in [0.4, 0.5) is 5.82 Å². The molecule has 2 heterocycles. The molecule has 0 aliphatic heterocycles. The molecule has 0 saturated carbocycles. The number of hydrogen-bond donors (Lipinski definition) is 2. The second-order valence-corrected chi connectivity index (χ2v) is 6.53. The summed E-state index contributed by atoms with van der Waals surface area (Å²) in [5, 5.41) is 10.5. The van der Waals surface area contributed by atoms with Crippen molar-refractivity contribution in [1.82, 2.24) is 25.1 Å². The summed E-state index contributed by atoms with van der Waals surface area (Å²) in [7, 11) is 0. The quantitative estimate of drug-likeness (QED) is 0.822. The molecule has 2 N–H and O–H groups in total. The van der Waals surface area contributed by atoms with Crippen molar-refractivity contribution in [2.45, 2.75) is 34.6 Å². The predicted molar refractivity (Wildman–Crippen MR) is 89.6 cm³/mol. The smallest absolute Gasteiger partial charge is 0.225 e. The maximum Gasteiger partial charge on any atom is 0.225 e. The molecule has 124 valence electrons. The first-order valence-electron chi connectivity index (χ1n) is 7.65. The van der Waals surface area contributed by atoms with Gasteiger partial charge >= 0.3 is 0 Å². The fourth-order valence-corrected chi connectivity index (χ4v) is 2.05. The average molecular weight is 316 g/mol. The van der Waals surface area contributed by atoms with Gasteiger partial charge in [0.2, 0.25) is 5.91 Å². The van der Waals surface area contributed by atoms with Crippen LogP contribution in [0, 0.1) is 19.3 Å². The summed E-state index contributed by atoms with van der Waals surface area (Å²) in [4.78, 5) is 20.2. The highest BCUT2D eigenvalue weighted by molar-refractivity contribution is 5.81. The van der Waals surface area contributed by atoms with Crippen LogP contribution < -0.4 is 10.6 Å². The molecule has 2 rings (SSSR count). The lowest BCUT2D eigenvalue weighted by Crippen LogP contribution is -2.37. The van der Waals surface area contributed by atoms with Gasteiger partial charge in [0.15, 0.2) is 5.82 Å². The zero-order valence-corrected chi connectivity index (χ0v) is 14.3. The minimum Gasteiger partial charge on any atom is -0.368 e. The molecule has 0 bridgehead atoms. The van der Waals surface area contributed by atoms with E-state index in [0.29, 0.717) is 24.7 Å². The van der Waals surface area contributed by atoms with Gasteiger partial charge in [-0.3, -0.25) is 4.79 Å². The number of aryl methyl sites for hydroxylation is 2. The zero-order valence-electron chi connectivity index (χ0n) is 14.3. The Balaban J connectivity index is 1.94. The summed E-state index contributed by atoms with van der Waals surface area (Å²) in [6.07, 6.45) is 1.50. The first-order chi connectivity index (χ1) is 10.8. The second-order valence-electron chi connectivity index (χ2n) is 6.53. The predicted octanol–water partition coefficient (Wildman–Crippen LogP) is 1.85. The minimum absolute atomic E-state index is 0.0327. The molecule has 0 fully saturated rings. The van der Waals surface area contributed by atoms with Crippen LogP contribution in [-0.4, -0.2) is 38.7 Å². The number of rotatable bonds is 5. The van der Waals surface area contributed by atoms with E-state index in [2.05, 4.69) is 25.7 Å². The first-order valence-corrected chi connectivity index (χ1v) is 7.65. The van der Waals surface area contributed by atoms with Crippen LogP contribution in [0.25, 0.3) is 5.82 Å². The third-order valence-electron chi connectivity index (χ3n) is 3.28. The van der Waals surface area contributed by atoms with E-state index >= 15 is 0 Å². The van der Waals surface area contributed by atoms with Crippen molar-refractivity contribution in [3.63, 3.8) is 0 Å². The Labute approximate surface area is 136 Å². The number of nitrogens with one attached hydrogen (secondary N) is 2. The standard InChI is InChI=1S/C16H24N6O/c1-11-8-12(2)22(21-11)14-9-13(19-10-20-14)17-6-7-18-15(23)16(3,4)5/h8-10H,6-7H2,1-5H3,(H,18,23)(H,17,19,20). The molecule has 2 aromatic heterocycles. The number of amides is 1. The van der Waals surface area contributed by atoms with Crippen LogP contribution in [0.1, 0.15) is 32.2 Å². The van der Waals surface area contributed by atoms with E-state index in [-0.39, 0.29) is 11.3 Å². The van der Waals surface area contributed by atoms with Crippen LogP contribution in [0.3, 0.4) is 0 Å². The molecule has 0 spiro atoms. The van der Waals surface area contributed by atoms with Crippen LogP contribution in [-0.2, 0) is 4.79 Å². The fraction of sp³-hybridized carbons (Fsp3) is 0.500. The van der Waals surface area contributed by atoms with E-state index in [1.54, 1.807) is 4.68 Å². The SMILES string of the molecule is Cc1cc(C)n(-c2cc(NCCNC(=O)C(C)(C)C)ncn2)n1. The molecule has 0 saturated heterocycles. The molecule has 2 aromatic rings. The van der Waals surface area contributed by atoms with Crippen molar-refractivity contribution in [3.8, 4) is 5.82 Å².